The van der Waals surface area contributed by atoms with Gasteiger partial charge in [-0.25, -0.2) is 39.9 Å². The van der Waals surface area contributed by atoms with Crippen molar-refractivity contribution in [2.24, 2.45) is 11.5 Å². The average Bonchev–Trinajstić information content (AvgIpc) is 1.60. The Labute approximate surface area is 806 Å². The van der Waals surface area contributed by atoms with Crippen LogP contribution in [-0.2, 0) is 120 Å². The van der Waals surface area contributed by atoms with E-state index in [4.69, 9.17) is 33.6 Å². The molecule has 0 atom stereocenters. The highest BCUT2D eigenvalue weighted by Gasteiger charge is 2.44. The lowest BCUT2D eigenvalue weighted by molar-refractivity contribution is -0.124. The molecule has 36 nitrogen and oxygen atoms in total. The zero-order chi connectivity index (χ0) is 101. The highest BCUT2D eigenvalue weighted by Crippen LogP contribution is 2.44. The fraction of sp³-hybridized carbons (Fsp3) is 0.479. The van der Waals surface area contributed by atoms with E-state index in [1.165, 1.54) is 17.2 Å². The van der Waals surface area contributed by atoms with E-state index in [2.05, 4.69) is 230 Å². The molecule has 3 aliphatic rings. The second kappa shape index (κ2) is 43.7. The fourth-order valence-corrected chi connectivity index (χ4v) is 18.8. The number of hydrogen-bond acceptors (Lipinski definition) is 23. The molecular weight excluding hydrogens is 1830 g/mol. The maximum atomic E-state index is 13.2. The number of imide groups is 3. The molecule has 11 aromatic rings. The van der Waals surface area contributed by atoms with Crippen molar-refractivity contribution in [3.63, 3.8) is 0 Å². The van der Waals surface area contributed by atoms with Crippen molar-refractivity contribution < 1.29 is 70.7 Å². The van der Waals surface area contributed by atoms with Gasteiger partial charge in [-0.05, 0) is 146 Å². The normalized spacial score (nSPS) is 14.4. The molecule has 0 saturated heterocycles. The summed E-state index contributed by atoms with van der Waals surface area (Å²) >= 11 is 0. The van der Waals surface area contributed by atoms with E-state index < -0.39 is 77.0 Å². The number of aromatic amines is 1. The Morgan fingerprint density at radius 3 is 1.00 bits per heavy atom. The average molecular weight is 1970 g/mol. The predicted octanol–water partition coefficient (Wildman–Crippen LogP) is 13.9. The number of aromatic nitrogens is 16. The van der Waals surface area contributed by atoms with Gasteiger partial charge in [-0.2, -0.15) is 0 Å². The van der Waals surface area contributed by atoms with Gasteiger partial charge in [-0.3, -0.25) is 54.3 Å². The zero-order valence-electron chi connectivity index (χ0n) is 84.1. The van der Waals surface area contributed by atoms with Gasteiger partial charge in [0, 0.05) is 153 Å². The summed E-state index contributed by atoms with van der Waals surface area (Å²) < 4.78 is 44.2. The Bertz CT molecular complexity index is 6280. The Hall–Kier alpha value is -11.5. The zero-order valence-corrected chi connectivity index (χ0v) is 89.1. The van der Waals surface area contributed by atoms with E-state index in [0.717, 1.165) is 58.1 Å². The number of fused-ring (bicyclic) bond motifs is 3. The molecule has 0 unspecified atom stereocenters. The van der Waals surface area contributed by atoms with E-state index in [9.17, 15) is 48.6 Å². The number of pyridine rings is 3. The molecule has 0 aromatic carbocycles. The van der Waals surface area contributed by atoms with Crippen molar-refractivity contribution >= 4 is 155 Å². The third-order valence-corrected chi connectivity index (χ3v) is 49.4. The van der Waals surface area contributed by atoms with Gasteiger partial charge in [0.1, 0.15) is 37.1 Å². The third kappa shape index (κ3) is 26.3. The number of primary amides is 2. The summed E-state index contributed by atoms with van der Waals surface area (Å²) in [4.78, 5) is 136. The summed E-state index contributed by atoms with van der Waals surface area (Å²) in [5.74, 6) is -3.50. The van der Waals surface area contributed by atoms with Gasteiger partial charge in [0.05, 0.1) is 107 Å². The first-order valence-electron chi connectivity index (χ1n) is 46.0. The lowest BCUT2D eigenvalue weighted by Gasteiger charge is -2.36. The maximum absolute atomic E-state index is 13.2. The number of carbonyl (C=O) groups excluding carboxylic acids is 8. The van der Waals surface area contributed by atoms with Gasteiger partial charge >= 0.3 is 0 Å². The quantitative estimate of drug-likeness (QED) is 0.0105. The predicted molar refractivity (Wildman–Crippen MR) is 542 cm³/mol. The van der Waals surface area contributed by atoms with Crippen LogP contribution in [0.5, 0.6) is 0 Å². The van der Waals surface area contributed by atoms with Crippen LogP contribution in [0.25, 0.3) is 66.5 Å². The first-order valence-corrected chi connectivity index (χ1v) is 60.6. The third-order valence-electron chi connectivity index (χ3n) is 26.9. The largest absolute Gasteiger partial charge is 0.417 e. The summed E-state index contributed by atoms with van der Waals surface area (Å²) in [6.07, 6.45) is 29.8. The van der Waals surface area contributed by atoms with E-state index in [1.807, 2.05) is 77.8 Å². The lowest BCUT2D eigenvalue weighted by Crippen LogP contribution is -2.41. The van der Waals surface area contributed by atoms with Gasteiger partial charge < -0.3 is 80.8 Å². The second-order valence-electron chi connectivity index (χ2n) is 42.0. The number of aliphatic hydroxyl groups excluding tert-OH is 2. The number of rotatable bonds is 34. The molecule has 3 aliphatic heterocycles. The van der Waals surface area contributed by atoms with Crippen molar-refractivity contribution in [3.05, 3.63) is 181 Å². The Kier molecular flexibility index (Phi) is 34.3. The number of imidazole rings is 5. The number of nitrogens with two attached hydrogens (primary N) is 2. The highest BCUT2D eigenvalue weighted by atomic mass is 28.4. The number of carbonyl (C=O) groups is 8. The fourth-order valence-electron chi connectivity index (χ4n) is 13.8. The minimum absolute atomic E-state index is 0.0505. The summed E-state index contributed by atoms with van der Waals surface area (Å²) in [5, 5.41) is 29.0. The second-order valence-corrected chi connectivity index (χ2v) is 66.1. The molecule has 11 aromatic heterocycles. The van der Waals surface area contributed by atoms with E-state index in [1.54, 1.807) is 73.1 Å². The standard InChI is InChI=1S/C30H45N5O4Si2.C25H33N5O4Si.C24H31N5O4Si.C12H23N3O2Si.C5H7N3O/c1-29(2,3)40(7,8)38-16-12-15-35-17-22(21-13-11-14-31-26(21)35)24-25(28(37)33-27(24)36)23-18-34(19-32-23)20-39-41(9,10)30(4,5)6;1-25(2,3)35(4,5)34-13-7-10-30-14-18(17-8-6-9-26-22(17)30)20-21(24(33)28-23(20)32)19-15-29(11-12-31)16-27-19;1-24(2,3)34(4,5)33-11-7-10-29-12-17(16-8-6-9-25-21(16)29)19-20(23(32)27-22(19)31)18-13-28(15-30)14-26-18;1-12(2,3)18(4,5)17-9-15-7-10(14-8-15)6-11(13)16;6-5(9)1-4-2-7-3-8-4/h11,13-14,17-19H,12,15-16,20H2,1-10H3,(H,33,36,37);6,8-9,14-16,31H,7,10-13H2,1-5H3,(H,28,32,33);6,8-9,12-14,30H,7,10-11,15H2,1-5H3,(H,27,31,32);7-8H,6,9H2,1-5H3,(H2,13,16);2-3H,1H2,(H2,6,9)(H,7,8). The molecule has 10 N–H and O–H groups in total. The summed E-state index contributed by atoms with van der Waals surface area (Å²) in [6, 6.07) is 11.2. The first-order chi connectivity index (χ1) is 63.9. The highest BCUT2D eigenvalue weighted by molar-refractivity contribution is 6.76. The monoisotopic (exact) mass is 1970 g/mol. The van der Waals surface area contributed by atoms with Crippen molar-refractivity contribution in [1.29, 1.82) is 0 Å². The van der Waals surface area contributed by atoms with Gasteiger partial charge in [0.25, 0.3) is 35.4 Å². The number of hydrogen-bond donors (Lipinski definition) is 8. The molecular formula is C96H139N21O15Si5. The van der Waals surface area contributed by atoms with Crippen molar-refractivity contribution in [3.8, 4) is 0 Å². The molecule has 738 valence electrons. The van der Waals surface area contributed by atoms with E-state index >= 15 is 0 Å². The van der Waals surface area contributed by atoms with Crippen LogP contribution < -0.4 is 27.4 Å². The van der Waals surface area contributed by atoms with Crippen LogP contribution >= 0.6 is 0 Å². The number of H-pyrrole nitrogens is 1. The number of nitrogens with one attached hydrogen (secondary N) is 4. The van der Waals surface area contributed by atoms with Crippen LogP contribution in [0.15, 0.2) is 136 Å². The Balaban J connectivity index is 0.000000187. The molecule has 0 aliphatic carbocycles. The van der Waals surface area contributed by atoms with Crippen molar-refractivity contribution in [2.45, 2.75) is 273 Å². The summed E-state index contributed by atoms with van der Waals surface area (Å²) in [5.41, 5.74) is 18.4. The van der Waals surface area contributed by atoms with Crippen LogP contribution in [0.1, 0.15) is 168 Å². The van der Waals surface area contributed by atoms with Crippen LogP contribution in [0.4, 0.5) is 0 Å². The molecule has 14 heterocycles. The summed E-state index contributed by atoms with van der Waals surface area (Å²) in [7, 11) is -9.22. The number of nitrogens with zero attached hydrogens (tertiary/aromatic N) is 15. The molecule has 137 heavy (non-hydrogen) atoms. The van der Waals surface area contributed by atoms with E-state index in [0.29, 0.717) is 110 Å². The molecule has 0 bridgehead atoms. The molecule has 14 rings (SSSR count). The molecule has 0 radical (unpaired) electrons. The number of aliphatic hydroxyl groups is 2. The smallest absolute Gasteiger partial charge is 0.261 e. The SMILES string of the molecule is CC(C)(C)[Si](C)(C)OCCCn1cc(C2=C(c3cn(CCO)cn3)C(=O)NC2=O)c2cccnc21.CC(C)(C)[Si](C)(C)OCCCn1cc(C2=C(c3cn(CO)cn3)C(=O)NC2=O)c2cccnc21.CC(C)(C)[Si](C)(C)OCCCn1cc(C2=C(c3cn(CO[Si](C)(C)C(C)(C)C)cn3)C(=O)NC2=O)c2cccnc21.CC(C)(C)[Si](C)(C)OCn1cnc(CC(N)=O)c1.NC(=O)Cc1cnc[nH]1. The molecule has 0 spiro atoms. The topological polar surface area (TPSA) is 465 Å². The Morgan fingerprint density at radius 2 is 0.686 bits per heavy atom. The Morgan fingerprint density at radius 1 is 0.380 bits per heavy atom. The van der Waals surface area contributed by atoms with Crippen molar-refractivity contribution in [2.75, 3.05) is 26.4 Å². The van der Waals surface area contributed by atoms with Crippen molar-refractivity contribution in [1.82, 2.24) is 92.8 Å². The van der Waals surface area contributed by atoms with Gasteiger partial charge in [0.2, 0.25) is 11.8 Å². The minimum Gasteiger partial charge on any atom is -0.417 e. The summed E-state index contributed by atoms with van der Waals surface area (Å²) in [6.45, 7) is 60.3. The van der Waals surface area contributed by atoms with E-state index in [-0.39, 0.29) is 85.5 Å². The minimum atomic E-state index is -1.97. The van der Waals surface area contributed by atoms with Crippen LogP contribution in [0.2, 0.25) is 90.7 Å². The molecule has 0 saturated carbocycles. The molecule has 41 heteroatoms. The number of amides is 8. The van der Waals surface area contributed by atoms with Gasteiger partial charge in [-0.1, -0.05) is 104 Å². The molecule has 8 amide bonds. The lowest BCUT2D eigenvalue weighted by atomic mass is 10.00. The first kappa shape index (κ1) is 108. The van der Waals surface area contributed by atoms with Gasteiger partial charge in [0.15, 0.2) is 41.6 Å². The van der Waals surface area contributed by atoms with Crippen LogP contribution in [0.3, 0.4) is 0 Å². The van der Waals surface area contributed by atoms with Crippen LogP contribution in [0, 0.1) is 0 Å². The number of aryl methyl sites for hydroxylation is 3. The molecule has 0 fully saturated rings. The van der Waals surface area contributed by atoms with Gasteiger partial charge in [-0.15, -0.1) is 0 Å². The van der Waals surface area contributed by atoms with Crippen LogP contribution in [-0.4, -0.2) is 202 Å². The maximum Gasteiger partial charge on any atom is 0.261 e.